The third-order valence-electron chi connectivity index (χ3n) is 4.72. The fourth-order valence-electron chi connectivity index (χ4n) is 3.02. The van der Waals surface area contributed by atoms with Gasteiger partial charge < -0.3 is 15.4 Å². The summed E-state index contributed by atoms with van der Waals surface area (Å²) in [5.74, 6) is 0.861. The molecule has 1 aromatic heterocycles. The van der Waals surface area contributed by atoms with Gasteiger partial charge in [-0.3, -0.25) is 9.48 Å². The average molecular weight is 365 g/mol. The molecule has 25 heavy (non-hydrogen) atoms. The van der Waals surface area contributed by atoms with Crippen LogP contribution in [0.5, 0.6) is 5.75 Å². The lowest BCUT2D eigenvalue weighted by molar-refractivity contribution is 0.0777. The van der Waals surface area contributed by atoms with Crippen molar-refractivity contribution in [1.82, 2.24) is 14.7 Å². The zero-order valence-electron chi connectivity index (χ0n) is 14.6. The zero-order chi connectivity index (χ0) is 17.2. The van der Waals surface area contributed by atoms with Crippen LogP contribution in [0.2, 0.25) is 0 Å². The van der Waals surface area contributed by atoms with Gasteiger partial charge in [0.1, 0.15) is 5.75 Å². The second-order valence-corrected chi connectivity index (χ2v) is 6.77. The Bertz CT molecular complexity index is 716. The van der Waals surface area contributed by atoms with Gasteiger partial charge in [-0.15, -0.1) is 12.4 Å². The Morgan fingerprint density at radius 2 is 2.08 bits per heavy atom. The minimum atomic E-state index is 0. The topological polar surface area (TPSA) is 73.4 Å². The van der Waals surface area contributed by atoms with E-state index in [4.69, 9.17) is 10.5 Å². The Kier molecular flexibility index (Phi) is 6.08. The van der Waals surface area contributed by atoms with Crippen molar-refractivity contribution in [2.75, 3.05) is 26.7 Å². The van der Waals surface area contributed by atoms with Crippen LogP contribution in [0.4, 0.5) is 0 Å². The van der Waals surface area contributed by atoms with Crippen LogP contribution < -0.4 is 10.5 Å². The van der Waals surface area contributed by atoms with E-state index in [1.165, 1.54) is 0 Å². The molecule has 1 saturated heterocycles. The molecule has 2 aromatic rings. The number of amides is 1. The molecule has 0 bridgehead atoms. The SMILES string of the molecule is COc1ccc(Cn2cc(C(=O)N3CCC(C)(CN)C3)cn2)cc1.Cl. The Balaban J connectivity index is 0.00000225. The number of hydrogen-bond donors (Lipinski definition) is 1. The van der Waals surface area contributed by atoms with Crippen LogP contribution in [0.25, 0.3) is 0 Å². The van der Waals surface area contributed by atoms with Gasteiger partial charge in [0.2, 0.25) is 0 Å². The summed E-state index contributed by atoms with van der Waals surface area (Å²) < 4.78 is 6.94. The van der Waals surface area contributed by atoms with E-state index in [-0.39, 0.29) is 23.7 Å². The smallest absolute Gasteiger partial charge is 0.257 e. The number of aromatic nitrogens is 2. The molecular weight excluding hydrogens is 340 g/mol. The number of rotatable bonds is 5. The molecule has 0 saturated carbocycles. The first-order valence-electron chi connectivity index (χ1n) is 8.18. The molecule has 3 rings (SSSR count). The molecule has 7 heteroatoms. The Morgan fingerprint density at radius 1 is 1.36 bits per heavy atom. The van der Waals surface area contributed by atoms with Crippen molar-refractivity contribution in [3.63, 3.8) is 0 Å². The van der Waals surface area contributed by atoms with Gasteiger partial charge in [0, 0.05) is 19.3 Å². The number of benzene rings is 1. The van der Waals surface area contributed by atoms with Crippen molar-refractivity contribution in [1.29, 1.82) is 0 Å². The van der Waals surface area contributed by atoms with Gasteiger partial charge >= 0.3 is 0 Å². The molecule has 0 aliphatic carbocycles. The summed E-state index contributed by atoms with van der Waals surface area (Å²) in [7, 11) is 1.65. The fraction of sp³-hybridized carbons (Fsp3) is 0.444. The maximum atomic E-state index is 12.6. The van der Waals surface area contributed by atoms with Gasteiger partial charge in [-0.25, -0.2) is 0 Å². The number of likely N-dealkylation sites (tertiary alicyclic amines) is 1. The van der Waals surface area contributed by atoms with Crippen molar-refractivity contribution in [3.05, 3.63) is 47.8 Å². The first-order valence-corrected chi connectivity index (χ1v) is 8.18. The molecular formula is C18H25ClN4O2. The second-order valence-electron chi connectivity index (χ2n) is 6.77. The molecule has 136 valence electrons. The van der Waals surface area contributed by atoms with Crippen LogP contribution in [0.1, 0.15) is 29.3 Å². The van der Waals surface area contributed by atoms with Gasteiger partial charge in [-0.05, 0) is 36.1 Å². The van der Waals surface area contributed by atoms with Gasteiger partial charge in [-0.2, -0.15) is 5.10 Å². The lowest BCUT2D eigenvalue weighted by Gasteiger charge is -2.22. The van der Waals surface area contributed by atoms with Gasteiger partial charge in [0.25, 0.3) is 5.91 Å². The maximum Gasteiger partial charge on any atom is 0.257 e. The molecule has 1 aliphatic rings. The number of carbonyl (C=O) groups excluding carboxylic acids is 1. The lowest BCUT2D eigenvalue weighted by Crippen LogP contribution is -2.34. The lowest BCUT2D eigenvalue weighted by atomic mass is 9.90. The molecule has 1 atom stereocenters. The minimum absolute atomic E-state index is 0. The van der Waals surface area contributed by atoms with Crippen LogP contribution in [-0.4, -0.2) is 47.3 Å². The van der Waals surface area contributed by atoms with Crippen molar-refractivity contribution < 1.29 is 9.53 Å². The number of ether oxygens (including phenoxy) is 1. The van der Waals surface area contributed by atoms with Crippen LogP contribution >= 0.6 is 12.4 Å². The normalized spacial score (nSPS) is 19.6. The first-order chi connectivity index (χ1) is 11.5. The van der Waals surface area contributed by atoms with E-state index in [0.29, 0.717) is 25.2 Å². The zero-order valence-corrected chi connectivity index (χ0v) is 15.5. The number of nitrogens with two attached hydrogens (primary N) is 1. The summed E-state index contributed by atoms with van der Waals surface area (Å²) in [4.78, 5) is 14.5. The number of methoxy groups -OCH3 is 1. The van der Waals surface area contributed by atoms with Crippen molar-refractivity contribution in [2.45, 2.75) is 19.9 Å². The Hall–Kier alpha value is -2.05. The third-order valence-corrected chi connectivity index (χ3v) is 4.72. The summed E-state index contributed by atoms with van der Waals surface area (Å²) >= 11 is 0. The highest BCUT2D eigenvalue weighted by Gasteiger charge is 2.35. The van der Waals surface area contributed by atoms with E-state index in [1.807, 2.05) is 35.4 Å². The molecule has 2 heterocycles. The standard InChI is InChI=1S/C18H24N4O2.ClH/c1-18(12-19)7-8-21(13-18)17(23)15-9-20-22(11-15)10-14-3-5-16(24-2)6-4-14;/h3-6,9,11H,7-8,10,12-13,19H2,1-2H3;1H. The van der Waals surface area contributed by atoms with Crippen molar-refractivity contribution in [2.24, 2.45) is 11.1 Å². The molecule has 6 nitrogen and oxygen atoms in total. The first kappa shape index (κ1) is 19.3. The van der Waals surface area contributed by atoms with Gasteiger partial charge in [0.15, 0.2) is 0 Å². The summed E-state index contributed by atoms with van der Waals surface area (Å²) in [5, 5.41) is 4.32. The Morgan fingerprint density at radius 3 is 2.68 bits per heavy atom. The van der Waals surface area contributed by atoms with Crippen molar-refractivity contribution in [3.8, 4) is 5.75 Å². The molecule has 2 N–H and O–H groups in total. The molecule has 1 fully saturated rings. The van der Waals surface area contributed by atoms with Crippen LogP contribution in [-0.2, 0) is 6.54 Å². The monoisotopic (exact) mass is 364 g/mol. The fourth-order valence-corrected chi connectivity index (χ4v) is 3.02. The highest BCUT2D eigenvalue weighted by molar-refractivity contribution is 5.94. The molecule has 0 radical (unpaired) electrons. The van der Waals surface area contributed by atoms with Gasteiger partial charge in [0.05, 0.1) is 25.4 Å². The molecule has 1 unspecified atom stereocenters. The highest BCUT2D eigenvalue weighted by Crippen LogP contribution is 2.29. The molecule has 1 aromatic carbocycles. The molecule has 1 amide bonds. The van der Waals surface area contributed by atoms with Crippen LogP contribution in [0.3, 0.4) is 0 Å². The second kappa shape index (κ2) is 7.89. The van der Waals surface area contributed by atoms with E-state index in [2.05, 4.69) is 12.0 Å². The Labute approximate surface area is 154 Å². The quantitative estimate of drug-likeness (QED) is 0.882. The molecule has 1 aliphatic heterocycles. The third kappa shape index (κ3) is 4.32. The summed E-state index contributed by atoms with van der Waals surface area (Å²) in [6.07, 6.45) is 4.41. The van der Waals surface area contributed by atoms with E-state index in [0.717, 1.165) is 24.3 Å². The predicted octanol–water partition coefficient (Wildman–Crippen LogP) is 2.17. The van der Waals surface area contributed by atoms with E-state index in [1.54, 1.807) is 18.0 Å². The van der Waals surface area contributed by atoms with Gasteiger partial charge in [-0.1, -0.05) is 19.1 Å². The molecule has 0 spiro atoms. The number of carbonyl (C=O) groups is 1. The number of halogens is 1. The van der Waals surface area contributed by atoms with E-state index >= 15 is 0 Å². The minimum Gasteiger partial charge on any atom is -0.497 e. The van der Waals surface area contributed by atoms with E-state index in [9.17, 15) is 4.79 Å². The average Bonchev–Trinajstić information content (AvgIpc) is 3.22. The maximum absolute atomic E-state index is 12.6. The van der Waals surface area contributed by atoms with Crippen LogP contribution in [0.15, 0.2) is 36.7 Å². The largest absolute Gasteiger partial charge is 0.497 e. The summed E-state index contributed by atoms with van der Waals surface area (Å²) in [6.45, 7) is 4.83. The number of hydrogen-bond acceptors (Lipinski definition) is 4. The number of nitrogens with zero attached hydrogens (tertiary/aromatic N) is 3. The van der Waals surface area contributed by atoms with Crippen molar-refractivity contribution >= 4 is 18.3 Å². The summed E-state index contributed by atoms with van der Waals surface area (Å²) in [5.41, 5.74) is 7.59. The van der Waals surface area contributed by atoms with E-state index < -0.39 is 0 Å². The summed E-state index contributed by atoms with van der Waals surface area (Å²) in [6, 6.07) is 7.83. The van der Waals surface area contributed by atoms with Crippen LogP contribution in [0, 0.1) is 5.41 Å². The highest BCUT2D eigenvalue weighted by atomic mass is 35.5. The predicted molar refractivity (Wildman–Crippen MR) is 99.3 cm³/mol.